The van der Waals surface area contributed by atoms with E-state index in [0.717, 1.165) is 18.9 Å². The number of sulfonamides is 1. The van der Waals surface area contributed by atoms with Crippen LogP contribution in [0.4, 0.5) is 4.39 Å². The number of hydrogen-bond acceptors (Lipinski definition) is 4. The zero-order valence-corrected chi connectivity index (χ0v) is 12.2. The van der Waals surface area contributed by atoms with E-state index in [4.69, 9.17) is 10.5 Å². The molecule has 2 rings (SSSR count). The Bertz CT molecular complexity index is 577. The SMILES string of the molecule is COc1ccc(S(=O)(=O)N2CCCC(CN)C2)cc1F. The minimum absolute atomic E-state index is 0.0300. The minimum Gasteiger partial charge on any atom is -0.494 e. The summed E-state index contributed by atoms with van der Waals surface area (Å²) in [4.78, 5) is -0.0477. The molecule has 20 heavy (non-hydrogen) atoms. The monoisotopic (exact) mass is 302 g/mol. The number of nitrogens with zero attached hydrogens (tertiary/aromatic N) is 1. The van der Waals surface area contributed by atoms with Gasteiger partial charge in [-0.3, -0.25) is 0 Å². The van der Waals surface area contributed by atoms with Crippen molar-refractivity contribution in [1.29, 1.82) is 0 Å². The fourth-order valence-electron chi connectivity index (χ4n) is 2.39. The summed E-state index contributed by atoms with van der Waals surface area (Å²) in [7, 11) is -2.33. The van der Waals surface area contributed by atoms with Crippen molar-refractivity contribution in [3.05, 3.63) is 24.0 Å². The Morgan fingerprint density at radius 3 is 2.85 bits per heavy atom. The summed E-state index contributed by atoms with van der Waals surface area (Å²) in [5.74, 6) is -0.481. The standard InChI is InChI=1S/C13H19FN2O3S/c1-19-13-5-4-11(7-12(13)14)20(17,18)16-6-2-3-10(8-15)9-16/h4-5,7,10H,2-3,6,8-9,15H2,1H3. The molecule has 2 N–H and O–H groups in total. The van der Waals surface area contributed by atoms with Crippen molar-refractivity contribution in [2.24, 2.45) is 11.7 Å². The highest BCUT2D eigenvalue weighted by atomic mass is 32.2. The quantitative estimate of drug-likeness (QED) is 0.907. The second-order valence-corrected chi connectivity index (χ2v) is 6.84. The van der Waals surface area contributed by atoms with E-state index in [1.165, 1.54) is 23.5 Å². The minimum atomic E-state index is -3.67. The molecule has 0 aliphatic carbocycles. The molecule has 1 unspecified atom stereocenters. The predicted molar refractivity (Wildman–Crippen MR) is 73.5 cm³/mol. The van der Waals surface area contributed by atoms with Crippen LogP contribution in [0.1, 0.15) is 12.8 Å². The molecule has 0 saturated carbocycles. The Balaban J connectivity index is 2.28. The summed E-state index contributed by atoms with van der Waals surface area (Å²) in [6, 6.07) is 3.69. The van der Waals surface area contributed by atoms with Gasteiger partial charge in [0.1, 0.15) is 0 Å². The van der Waals surface area contributed by atoms with Crippen LogP contribution in [0.3, 0.4) is 0 Å². The zero-order valence-electron chi connectivity index (χ0n) is 11.4. The van der Waals surface area contributed by atoms with Crippen LogP contribution in [0.2, 0.25) is 0 Å². The van der Waals surface area contributed by atoms with E-state index in [-0.39, 0.29) is 16.6 Å². The van der Waals surface area contributed by atoms with Gasteiger partial charge in [0.25, 0.3) is 0 Å². The Hall–Kier alpha value is -1.18. The fraction of sp³-hybridized carbons (Fsp3) is 0.538. The number of benzene rings is 1. The van der Waals surface area contributed by atoms with E-state index in [1.54, 1.807) is 0 Å². The first kappa shape index (κ1) is 15.2. The summed E-state index contributed by atoms with van der Waals surface area (Å²) >= 11 is 0. The van der Waals surface area contributed by atoms with Gasteiger partial charge < -0.3 is 10.5 Å². The number of halogens is 1. The molecule has 1 fully saturated rings. The third-order valence-electron chi connectivity index (χ3n) is 3.58. The number of hydrogen-bond donors (Lipinski definition) is 1. The maximum Gasteiger partial charge on any atom is 0.243 e. The van der Waals surface area contributed by atoms with Crippen molar-refractivity contribution in [3.63, 3.8) is 0 Å². The highest BCUT2D eigenvalue weighted by molar-refractivity contribution is 7.89. The average Bonchev–Trinajstić information content (AvgIpc) is 2.47. The molecule has 1 aliphatic rings. The van der Waals surface area contributed by atoms with E-state index in [0.29, 0.717) is 19.6 Å². The smallest absolute Gasteiger partial charge is 0.243 e. The second-order valence-electron chi connectivity index (χ2n) is 4.90. The molecule has 5 nitrogen and oxygen atoms in total. The van der Waals surface area contributed by atoms with Crippen LogP contribution < -0.4 is 10.5 Å². The van der Waals surface area contributed by atoms with Gasteiger partial charge in [0.05, 0.1) is 12.0 Å². The second kappa shape index (κ2) is 6.07. The lowest BCUT2D eigenvalue weighted by Gasteiger charge is -2.31. The van der Waals surface area contributed by atoms with Crippen molar-refractivity contribution in [1.82, 2.24) is 4.31 Å². The molecule has 1 saturated heterocycles. The molecule has 0 amide bonds. The van der Waals surface area contributed by atoms with Crippen LogP contribution in [0.5, 0.6) is 5.75 Å². The lowest BCUT2D eigenvalue weighted by molar-refractivity contribution is 0.271. The molecule has 0 radical (unpaired) electrons. The maximum atomic E-state index is 13.7. The van der Waals surface area contributed by atoms with Crippen LogP contribution >= 0.6 is 0 Å². The molecule has 112 valence electrons. The van der Waals surface area contributed by atoms with Crippen molar-refractivity contribution in [3.8, 4) is 5.75 Å². The molecule has 1 aromatic rings. The molecule has 1 aromatic carbocycles. The van der Waals surface area contributed by atoms with Gasteiger partial charge in [-0.15, -0.1) is 0 Å². The van der Waals surface area contributed by atoms with Crippen LogP contribution in [0.15, 0.2) is 23.1 Å². The van der Waals surface area contributed by atoms with Gasteiger partial charge in [0, 0.05) is 13.1 Å². The van der Waals surface area contributed by atoms with Crippen LogP contribution in [-0.4, -0.2) is 39.5 Å². The molecular formula is C13H19FN2O3S. The summed E-state index contributed by atoms with van der Waals surface area (Å²) in [6.45, 7) is 1.31. The van der Waals surface area contributed by atoms with Crippen LogP contribution in [0, 0.1) is 11.7 Å². The van der Waals surface area contributed by atoms with Gasteiger partial charge >= 0.3 is 0 Å². The largest absolute Gasteiger partial charge is 0.494 e. The predicted octanol–water partition coefficient (Wildman–Crippen LogP) is 1.19. The molecule has 1 heterocycles. The van der Waals surface area contributed by atoms with Crippen LogP contribution in [0.25, 0.3) is 0 Å². The Morgan fingerprint density at radius 1 is 1.50 bits per heavy atom. The number of ether oxygens (including phenoxy) is 1. The van der Waals surface area contributed by atoms with E-state index < -0.39 is 15.8 Å². The molecule has 0 spiro atoms. The lowest BCUT2D eigenvalue weighted by Crippen LogP contribution is -2.41. The van der Waals surface area contributed by atoms with Gasteiger partial charge in [-0.2, -0.15) is 4.31 Å². The highest BCUT2D eigenvalue weighted by Gasteiger charge is 2.30. The third kappa shape index (κ3) is 2.94. The average molecular weight is 302 g/mol. The molecule has 0 bridgehead atoms. The van der Waals surface area contributed by atoms with Gasteiger partial charge in [0.2, 0.25) is 10.0 Å². The number of piperidine rings is 1. The summed E-state index contributed by atoms with van der Waals surface area (Å²) in [6.07, 6.45) is 1.71. The first-order chi connectivity index (χ1) is 9.48. The number of methoxy groups -OCH3 is 1. The fourth-order valence-corrected chi connectivity index (χ4v) is 3.96. The van der Waals surface area contributed by atoms with Crippen molar-refractivity contribution in [2.45, 2.75) is 17.7 Å². The van der Waals surface area contributed by atoms with Gasteiger partial charge in [-0.25, -0.2) is 12.8 Å². The molecular weight excluding hydrogens is 283 g/mol. The van der Waals surface area contributed by atoms with E-state index in [1.807, 2.05) is 0 Å². The Kier molecular flexibility index (Phi) is 4.62. The van der Waals surface area contributed by atoms with E-state index >= 15 is 0 Å². The molecule has 1 aliphatic heterocycles. The molecule has 1 atom stereocenters. The van der Waals surface area contributed by atoms with Crippen LogP contribution in [-0.2, 0) is 10.0 Å². The van der Waals surface area contributed by atoms with E-state index in [9.17, 15) is 12.8 Å². The first-order valence-electron chi connectivity index (χ1n) is 6.52. The van der Waals surface area contributed by atoms with Gasteiger partial charge in [0.15, 0.2) is 11.6 Å². The third-order valence-corrected chi connectivity index (χ3v) is 5.44. The normalized spacial score (nSPS) is 20.9. The van der Waals surface area contributed by atoms with Crippen molar-refractivity contribution < 1.29 is 17.5 Å². The van der Waals surface area contributed by atoms with Gasteiger partial charge in [-0.05, 0) is 43.5 Å². The highest BCUT2D eigenvalue weighted by Crippen LogP contribution is 2.26. The lowest BCUT2D eigenvalue weighted by atomic mass is 10.0. The summed E-state index contributed by atoms with van der Waals surface area (Å²) in [5.41, 5.74) is 5.61. The van der Waals surface area contributed by atoms with Crippen molar-refractivity contribution >= 4 is 10.0 Å². The van der Waals surface area contributed by atoms with E-state index in [2.05, 4.69) is 0 Å². The Labute approximate surface area is 118 Å². The maximum absolute atomic E-state index is 13.7. The first-order valence-corrected chi connectivity index (χ1v) is 7.96. The summed E-state index contributed by atoms with van der Waals surface area (Å²) in [5, 5.41) is 0. The number of nitrogens with two attached hydrogens (primary N) is 1. The summed E-state index contributed by atoms with van der Waals surface area (Å²) < 4.78 is 44.8. The van der Waals surface area contributed by atoms with Crippen molar-refractivity contribution in [2.75, 3.05) is 26.7 Å². The zero-order chi connectivity index (χ0) is 14.8. The molecule has 7 heteroatoms. The topological polar surface area (TPSA) is 72.6 Å². The molecule has 0 aromatic heterocycles. The number of rotatable bonds is 4. The Morgan fingerprint density at radius 2 is 2.25 bits per heavy atom. The van der Waals surface area contributed by atoms with Gasteiger partial charge in [-0.1, -0.05) is 0 Å².